The van der Waals surface area contributed by atoms with E-state index in [1.54, 1.807) is 24.3 Å². The van der Waals surface area contributed by atoms with Gasteiger partial charge < -0.3 is 14.2 Å². The molecule has 4 rings (SSSR count). The van der Waals surface area contributed by atoms with Crippen LogP contribution in [0.1, 0.15) is 39.0 Å². The first-order chi connectivity index (χ1) is 16.4. The Labute approximate surface area is 201 Å². The lowest BCUT2D eigenvalue weighted by molar-refractivity contribution is -0.132. The average Bonchev–Trinajstić information content (AvgIpc) is 2.96. The number of carbonyl (C=O) groups is 2. The van der Waals surface area contributed by atoms with Crippen LogP contribution in [0.25, 0.3) is 11.3 Å². The number of ether oxygens (including phenoxy) is 3. The third-order valence-electron chi connectivity index (χ3n) is 5.03. The minimum absolute atomic E-state index is 0.164. The Morgan fingerprint density at radius 3 is 2.62 bits per heavy atom. The van der Waals surface area contributed by atoms with E-state index in [9.17, 15) is 9.59 Å². The van der Waals surface area contributed by atoms with Crippen molar-refractivity contribution in [3.8, 4) is 28.6 Å². The highest BCUT2D eigenvalue weighted by molar-refractivity contribution is 7.99. The van der Waals surface area contributed by atoms with Gasteiger partial charge in [0.1, 0.15) is 0 Å². The number of nitrogens with zero attached hydrogens (tertiary/aromatic N) is 4. The second-order valence-corrected chi connectivity index (χ2v) is 8.51. The molecule has 0 saturated heterocycles. The molecule has 0 fully saturated rings. The molecule has 2 aromatic carbocycles. The van der Waals surface area contributed by atoms with Gasteiger partial charge in [-0.15, -0.1) is 10.2 Å². The minimum Gasteiger partial charge on any atom is -0.493 e. The van der Waals surface area contributed by atoms with Crippen LogP contribution >= 0.6 is 11.8 Å². The fourth-order valence-corrected chi connectivity index (χ4v) is 4.28. The first kappa shape index (κ1) is 23.5. The van der Waals surface area contributed by atoms with Crippen molar-refractivity contribution >= 4 is 29.3 Å². The Hall–Kier alpha value is -3.66. The van der Waals surface area contributed by atoms with Crippen molar-refractivity contribution in [3.63, 3.8) is 0 Å². The van der Waals surface area contributed by atoms with Gasteiger partial charge in [-0.05, 0) is 24.6 Å². The number of para-hydroxylation sites is 2. The molecule has 176 valence electrons. The van der Waals surface area contributed by atoms with Crippen LogP contribution in [0.15, 0.2) is 47.6 Å². The van der Waals surface area contributed by atoms with Crippen LogP contribution < -0.4 is 19.1 Å². The molecule has 34 heavy (non-hydrogen) atoms. The van der Waals surface area contributed by atoms with Crippen molar-refractivity contribution in [2.75, 3.05) is 17.8 Å². The second-order valence-electron chi connectivity index (χ2n) is 7.45. The molecule has 0 bridgehead atoms. The highest BCUT2D eigenvalue weighted by Gasteiger charge is 2.37. The lowest BCUT2D eigenvalue weighted by Gasteiger charge is -2.31. The number of fused-ring (bicyclic) bond motifs is 3. The number of hydrogen-bond donors (Lipinski definition) is 0. The van der Waals surface area contributed by atoms with E-state index >= 15 is 0 Å². The summed E-state index contributed by atoms with van der Waals surface area (Å²) < 4.78 is 17.3. The topological polar surface area (TPSA) is 104 Å². The average molecular weight is 481 g/mol. The number of methoxy groups -OCH3 is 1. The molecule has 2 heterocycles. The summed E-state index contributed by atoms with van der Waals surface area (Å²) in [6, 6.07) is 12.4. The lowest BCUT2D eigenvalue weighted by atomic mass is 10.1. The van der Waals surface area contributed by atoms with Crippen LogP contribution in [-0.2, 0) is 9.59 Å². The highest BCUT2D eigenvalue weighted by Crippen LogP contribution is 2.46. The van der Waals surface area contributed by atoms with E-state index in [2.05, 4.69) is 22.1 Å². The summed E-state index contributed by atoms with van der Waals surface area (Å²) in [5.41, 5.74) is 2.07. The molecule has 0 spiro atoms. The maximum absolute atomic E-state index is 13.0. The zero-order valence-corrected chi connectivity index (χ0v) is 20.1. The molecule has 1 amide bonds. The highest BCUT2D eigenvalue weighted by atomic mass is 32.2. The lowest BCUT2D eigenvalue weighted by Crippen LogP contribution is -2.36. The van der Waals surface area contributed by atoms with Crippen molar-refractivity contribution in [1.82, 2.24) is 15.2 Å². The molecular weight excluding hydrogens is 456 g/mol. The molecule has 0 aliphatic carbocycles. The largest absolute Gasteiger partial charge is 0.493 e. The number of aromatic nitrogens is 3. The third kappa shape index (κ3) is 4.54. The van der Waals surface area contributed by atoms with Crippen molar-refractivity contribution in [1.29, 1.82) is 0 Å². The number of esters is 1. The molecule has 0 N–H and O–H groups in total. The molecule has 0 unspecified atom stereocenters. The molecule has 9 nitrogen and oxygen atoms in total. The summed E-state index contributed by atoms with van der Waals surface area (Å²) in [5.74, 6) is 0.737. The van der Waals surface area contributed by atoms with Gasteiger partial charge in [0.2, 0.25) is 23.2 Å². The monoisotopic (exact) mass is 480 g/mol. The van der Waals surface area contributed by atoms with E-state index in [4.69, 9.17) is 14.2 Å². The van der Waals surface area contributed by atoms with Crippen LogP contribution in [0.3, 0.4) is 0 Å². The van der Waals surface area contributed by atoms with E-state index in [1.165, 1.54) is 37.6 Å². The van der Waals surface area contributed by atoms with Gasteiger partial charge in [-0.3, -0.25) is 14.5 Å². The van der Waals surface area contributed by atoms with E-state index in [0.717, 1.165) is 12.2 Å². The molecule has 0 radical (unpaired) electrons. The standard InChI is InChI=1S/C24H24N4O5S/c1-5-13-34-24-25-22-20(26-27-24)16-9-6-7-11-18(16)28(14(2)29)23(33-22)17-10-8-12-19(31-4)21(17)32-15(3)30/h6-12,23H,5,13H2,1-4H3/t23-/m0/s1. The van der Waals surface area contributed by atoms with Gasteiger partial charge in [0.15, 0.2) is 17.2 Å². The number of amides is 1. The Bertz CT molecular complexity index is 1240. The number of rotatable bonds is 6. The number of thioether (sulfide) groups is 1. The first-order valence-electron chi connectivity index (χ1n) is 10.7. The molecule has 1 aliphatic heterocycles. The van der Waals surface area contributed by atoms with E-state index in [-0.39, 0.29) is 17.5 Å². The van der Waals surface area contributed by atoms with Gasteiger partial charge in [-0.1, -0.05) is 43.0 Å². The van der Waals surface area contributed by atoms with Crippen LogP contribution in [0.2, 0.25) is 0 Å². The van der Waals surface area contributed by atoms with Gasteiger partial charge in [-0.25, -0.2) is 0 Å². The molecule has 3 aromatic rings. The number of anilines is 1. The Balaban J connectivity index is 1.95. The smallest absolute Gasteiger partial charge is 0.308 e. The van der Waals surface area contributed by atoms with Gasteiger partial charge in [0.05, 0.1) is 18.4 Å². The summed E-state index contributed by atoms with van der Waals surface area (Å²) in [4.78, 5) is 31.0. The Morgan fingerprint density at radius 1 is 1.12 bits per heavy atom. The van der Waals surface area contributed by atoms with Gasteiger partial charge in [0.25, 0.3) is 0 Å². The van der Waals surface area contributed by atoms with Crippen LogP contribution in [0, 0.1) is 0 Å². The minimum atomic E-state index is -1.01. The SMILES string of the molecule is CCCSc1nnc2c(n1)O[C@@H](c1cccc(OC)c1OC(C)=O)N(C(C)=O)c1ccccc1-2. The number of hydrogen-bond acceptors (Lipinski definition) is 9. The predicted molar refractivity (Wildman–Crippen MR) is 127 cm³/mol. The van der Waals surface area contributed by atoms with Crippen molar-refractivity contribution in [3.05, 3.63) is 48.0 Å². The van der Waals surface area contributed by atoms with Crippen molar-refractivity contribution in [2.24, 2.45) is 0 Å². The normalized spacial score (nSPS) is 14.4. The predicted octanol–water partition coefficient (Wildman–Crippen LogP) is 4.42. The summed E-state index contributed by atoms with van der Waals surface area (Å²) in [5, 5.41) is 9.12. The first-order valence-corrected chi connectivity index (χ1v) is 11.7. The second kappa shape index (κ2) is 10.1. The molecule has 1 aliphatic rings. The van der Waals surface area contributed by atoms with E-state index in [0.29, 0.717) is 33.4 Å². The zero-order valence-electron chi connectivity index (χ0n) is 19.3. The van der Waals surface area contributed by atoms with Gasteiger partial charge in [-0.2, -0.15) is 4.98 Å². The summed E-state index contributed by atoms with van der Waals surface area (Å²) in [7, 11) is 1.47. The van der Waals surface area contributed by atoms with E-state index in [1.807, 2.05) is 18.2 Å². The van der Waals surface area contributed by atoms with E-state index < -0.39 is 12.2 Å². The molecule has 1 atom stereocenters. The fourth-order valence-electron chi connectivity index (χ4n) is 3.65. The molecule has 0 saturated carbocycles. The van der Waals surface area contributed by atoms with Crippen molar-refractivity contribution in [2.45, 2.75) is 38.6 Å². The maximum Gasteiger partial charge on any atom is 0.308 e. The van der Waals surface area contributed by atoms with Crippen LogP contribution in [0.4, 0.5) is 5.69 Å². The molecular formula is C24H24N4O5S. The maximum atomic E-state index is 13.0. The van der Waals surface area contributed by atoms with Gasteiger partial charge in [0, 0.05) is 25.2 Å². The summed E-state index contributed by atoms with van der Waals surface area (Å²) in [6.45, 7) is 4.80. The zero-order chi connectivity index (χ0) is 24.2. The molecule has 10 heteroatoms. The fraction of sp³-hybridized carbons (Fsp3) is 0.292. The van der Waals surface area contributed by atoms with Gasteiger partial charge >= 0.3 is 5.97 Å². The Morgan fingerprint density at radius 2 is 1.91 bits per heavy atom. The summed E-state index contributed by atoms with van der Waals surface area (Å²) >= 11 is 1.47. The quantitative estimate of drug-likeness (QED) is 0.288. The Kier molecular flexibility index (Phi) is 6.97. The third-order valence-corrected chi connectivity index (χ3v) is 6.07. The summed E-state index contributed by atoms with van der Waals surface area (Å²) in [6.07, 6.45) is -0.0597. The number of carbonyl (C=O) groups excluding carboxylic acids is 2. The molecule has 1 aromatic heterocycles. The van der Waals surface area contributed by atoms with Crippen LogP contribution in [-0.4, -0.2) is 39.9 Å². The number of benzene rings is 2. The van der Waals surface area contributed by atoms with Crippen LogP contribution in [0.5, 0.6) is 17.4 Å². The van der Waals surface area contributed by atoms with Crippen molar-refractivity contribution < 1.29 is 23.8 Å².